The first-order chi connectivity index (χ1) is 9.08. The van der Waals surface area contributed by atoms with Crippen LogP contribution >= 0.6 is 11.3 Å². The molecule has 3 rings (SSSR count). The van der Waals surface area contributed by atoms with Crippen LogP contribution in [-0.2, 0) is 29.3 Å². The monoisotopic (exact) mass is 298 g/mol. The molecule has 1 aliphatic carbocycles. The Morgan fingerprint density at radius 2 is 2.32 bits per heavy atom. The first kappa shape index (κ1) is 12.6. The van der Waals surface area contributed by atoms with Crippen molar-refractivity contribution in [3.05, 3.63) is 22.6 Å². The summed E-state index contributed by atoms with van der Waals surface area (Å²) in [6.45, 7) is 1.91. The van der Waals surface area contributed by atoms with Crippen LogP contribution in [-0.4, -0.2) is 23.4 Å². The molecule has 102 valence electrons. The molecule has 0 amide bonds. The molecule has 0 aromatic carbocycles. The van der Waals surface area contributed by atoms with Gasteiger partial charge in [-0.3, -0.25) is 4.72 Å². The molecule has 0 bridgehead atoms. The van der Waals surface area contributed by atoms with E-state index in [4.69, 9.17) is 0 Å². The van der Waals surface area contributed by atoms with Crippen LogP contribution in [0.25, 0.3) is 0 Å². The average Bonchev–Trinajstić information content (AvgIpc) is 3.01. The fraction of sp³-hybridized carbons (Fsp3) is 0.455. The maximum Gasteiger partial charge on any atom is 0.280 e. The second kappa shape index (κ2) is 4.61. The number of imidazole rings is 1. The van der Waals surface area contributed by atoms with Gasteiger partial charge >= 0.3 is 0 Å². The Bertz CT molecular complexity index is 681. The van der Waals surface area contributed by atoms with E-state index in [1.54, 1.807) is 0 Å². The summed E-state index contributed by atoms with van der Waals surface area (Å²) in [4.78, 5) is 12.3. The number of sulfonamides is 1. The molecular weight excluding hydrogens is 284 g/mol. The zero-order chi connectivity index (χ0) is 13.5. The second-order valence-electron chi connectivity index (χ2n) is 4.40. The Balaban J connectivity index is 1.84. The summed E-state index contributed by atoms with van der Waals surface area (Å²) < 4.78 is 26.8. The molecule has 6 nitrogen and oxygen atoms in total. The third-order valence-electron chi connectivity index (χ3n) is 3.05. The molecule has 8 heteroatoms. The molecule has 0 saturated carbocycles. The lowest BCUT2D eigenvalue weighted by molar-refractivity contribution is 0.598. The van der Waals surface area contributed by atoms with Gasteiger partial charge in [-0.15, -0.1) is 11.3 Å². The minimum atomic E-state index is -3.61. The van der Waals surface area contributed by atoms with Crippen molar-refractivity contribution in [1.82, 2.24) is 15.0 Å². The molecule has 0 aliphatic heterocycles. The van der Waals surface area contributed by atoms with Gasteiger partial charge in [0.1, 0.15) is 5.82 Å². The predicted molar refractivity (Wildman–Crippen MR) is 72.9 cm³/mol. The molecule has 0 radical (unpaired) electrons. The van der Waals surface area contributed by atoms with Crippen molar-refractivity contribution in [2.75, 3.05) is 4.72 Å². The van der Waals surface area contributed by atoms with Gasteiger partial charge in [-0.2, -0.15) is 8.42 Å². The quantitative estimate of drug-likeness (QED) is 0.899. The minimum absolute atomic E-state index is 0.0831. The van der Waals surface area contributed by atoms with Gasteiger partial charge in [-0.1, -0.05) is 6.92 Å². The summed E-state index contributed by atoms with van der Waals surface area (Å²) in [5, 5.41) is 0.525. The van der Waals surface area contributed by atoms with Crippen LogP contribution in [0.1, 0.15) is 29.7 Å². The summed E-state index contributed by atoms with van der Waals surface area (Å²) in [7, 11) is -3.61. The van der Waals surface area contributed by atoms with E-state index < -0.39 is 10.0 Å². The number of aryl methyl sites for hydroxylation is 3. The average molecular weight is 298 g/mol. The van der Waals surface area contributed by atoms with Crippen LogP contribution in [0, 0.1) is 0 Å². The van der Waals surface area contributed by atoms with Crippen molar-refractivity contribution in [1.29, 1.82) is 0 Å². The SMILES string of the molecule is CCc1ncc(S(=O)(=O)Nc2nc3c(s2)CCC3)[nH]1. The lowest BCUT2D eigenvalue weighted by Crippen LogP contribution is -2.13. The summed E-state index contributed by atoms with van der Waals surface area (Å²) in [6.07, 6.45) is 5.06. The number of nitrogens with zero attached hydrogens (tertiary/aromatic N) is 2. The largest absolute Gasteiger partial charge is 0.332 e. The van der Waals surface area contributed by atoms with Gasteiger partial charge in [-0.05, 0) is 19.3 Å². The molecule has 0 saturated heterocycles. The van der Waals surface area contributed by atoms with Gasteiger partial charge in [0.05, 0.1) is 11.9 Å². The Morgan fingerprint density at radius 1 is 1.47 bits per heavy atom. The van der Waals surface area contributed by atoms with Crippen molar-refractivity contribution < 1.29 is 8.42 Å². The number of H-pyrrole nitrogens is 1. The first-order valence-electron chi connectivity index (χ1n) is 6.14. The molecular formula is C11H14N4O2S2. The molecule has 0 fully saturated rings. The van der Waals surface area contributed by atoms with Crippen molar-refractivity contribution in [3.8, 4) is 0 Å². The van der Waals surface area contributed by atoms with E-state index in [1.807, 2.05) is 6.92 Å². The second-order valence-corrected chi connectivity index (χ2v) is 7.13. The maximum absolute atomic E-state index is 12.1. The number of fused-ring (bicyclic) bond motifs is 1. The molecule has 2 aromatic rings. The van der Waals surface area contributed by atoms with Gasteiger partial charge < -0.3 is 4.98 Å². The third kappa shape index (κ3) is 2.37. The van der Waals surface area contributed by atoms with Crippen LogP contribution in [0.4, 0.5) is 5.13 Å². The van der Waals surface area contributed by atoms with Crippen LogP contribution in [0.15, 0.2) is 11.2 Å². The van der Waals surface area contributed by atoms with Crippen molar-refractivity contribution in [3.63, 3.8) is 0 Å². The number of aromatic nitrogens is 3. The molecule has 0 atom stereocenters. The first-order valence-corrected chi connectivity index (χ1v) is 8.43. The number of rotatable bonds is 4. The maximum atomic E-state index is 12.1. The summed E-state index contributed by atoms with van der Waals surface area (Å²) >= 11 is 1.42. The highest BCUT2D eigenvalue weighted by molar-refractivity contribution is 7.92. The van der Waals surface area contributed by atoms with E-state index in [2.05, 4.69) is 19.7 Å². The number of hydrogen-bond donors (Lipinski definition) is 2. The summed E-state index contributed by atoms with van der Waals surface area (Å²) in [5.41, 5.74) is 1.03. The normalized spacial score (nSPS) is 14.6. The van der Waals surface area contributed by atoms with Crippen LogP contribution < -0.4 is 4.72 Å². The molecule has 2 heterocycles. The van der Waals surface area contributed by atoms with Gasteiger partial charge in [0.25, 0.3) is 10.0 Å². The lowest BCUT2D eigenvalue weighted by atomic mass is 10.4. The van der Waals surface area contributed by atoms with Crippen molar-refractivity contribution in [2.45, 2.75) is 37.6 Å². The van der Waals surface area contributed by atoms with E-state index in [0.717, 1.165) is 25.0 Å². The zero-order valence-corrected chi connectivity index (χ0v) is 12.1. The van der Waals surface area contributed by atoms with Gasteiger partial charge in [0, 0.05) is 11.3 Å². The van der Waals surface area contributed by atoms with Gasteiger partial charge in [0.2, 0.25) is 0 Å². The van der Waals surface area contributed by atoms with E-state index >= 15 is 0 Å². The Hall–Kier alpha value is -1.41. The van der Waals surface area contributed by atoms with Gasteiger partial charge in [-0.25, -0.2) is 9.97 Å². The summed E-state index contributed by atoms with van der Waals surface area (Å²) in [6, 6.07) is 0. The van der Waals surface area contributed by atoms with E-state index in [1.165, 1.54) is 22.4 Å². The van der Waals surface area contributed by atoms with Crippen LogP contribution in [0.3, 0.4) is 0 Å². The topological polar surface area (TPSA) is 87.7 Å². The lowest BCUT2D eigenvalue weighted by Gasteiger charge is -2.02. The highest BCUT2D eigenvalue weighted by atomic mass is 32.2. The van der Waals surface area contributed by atoms with Crippen molar-refractivity contribution in [2.24, 2.45) is 0 Å². The fourth-order valence-electron chi connectivity index (χ4n) is 2.06. The summed E-state index contributed by atoms with van der Waals surface area (Å²) in [5.74, 6) is 0.655. The fourth-order valence-corrected chi connectivity index (χ4v) is 4.29. The van der Waals surface area contributed by atoms with E-state index in [0.29, 0.717) is 17.4 Å². The number of hydrogen-bond acceptors (Lipinski definition) is 5. The molecule has 2 aromatic heterocycles. The number of anilines is 1. The minimum Gasteiger partial charge on any atom is -0.332 e. The molecule has 1 aliphatic rings. The molecule has 0 unspecified atom stereocenters. The Morgan fingerprint density at radius 3 is 3.00 bits per heavy atom. The third-order valence-corrected chi connectivity index (χ3v) is 5.50. The smallest absolute Gasteiger partial charge is 0.280 e. The van der Waals surface area contributed by atoms with E-state index in [9.17, 15) is 8.42 Å². The standard InChI is InChI=1S/C11H14N4O2S2/c1-2-9-12-6-10(14-9)19(16,17)15-11-13-7-4-3-5-8(7)18-11/h6H,2-5H2,1H3,(H,12,14)(H,13,15). The molecule has 2 N–H and O–H groups in total. The van der Waals surface area contributed by atoms with E-state index in [-0.39, 0.29) is 5.03 Å². The van der Waals surface area contributed by atoms with Crippen LogP contribution in [0.5, 0.6) is 0 Å². The number of thiazole rings is 1. The zero-order valence-electron chi connectivity index (χ0n) is 10.4. The highest BCUT2D eigenvalue weighted by Crippen LogP contribution is 2.31. The Kier molecular flexibility index (Phi) is 3.06. The highest BCUT2D eigenvalue weighted by Gasteiger charge is 2.22. The van der Waals surface area contributed by atoms with Crippen molar-refractivity contribution >= 4 is 26.5 Å². The number of aromatic amines is 1. The van der Waals surface area contributed by atoms with Crippen LogP contribution in [0.2, 0.25) is 0 Å². The predicted octanol–water partition coefficient (Wildman–Crippen LogP) is 1.72. The number of nitrogens with one attached hydrogen (secondary N) is 2. The molecule has 19 heavy (non-hydrogen) atoms. The Labute approximate surface area is 115 Å². The van der Waals surface area contributed by atoms with Gasteiger partial charge in [0.15, 0.2) is 10.2 Å². The molecule has 0 spiro atoms.